The number of ether oxygens (including phenoxy) is 1. The number of urea groups is 1. The van der Waals surface area contributed by atoms with Gasteiger partial charge in [-0.15, -0.1) is 0 Å². The Kier molecular flexibility index (Phi) is 5.79. The number of benzene rings is 1. The number of nitrogens with one attached hydrogen (secondary N) is 4. The van der Waals surface area contributed by atoms with E-state index in [4.69, 9.17) is 4.74 Å². The Morgan fingerprint density at radius 3 is 2.86 bits per heavy atom. The summed E-state index contributed by atoms with van der Waals surface area (Å²) < 4.78 is 5.16. The Morgan fingerprint density at radius 1 is 1.23 bits per heavy atom. The second-order valence-electron chi connectivity index (χ2n) is 4.63. The van der Waals surface area contributed by atoms with E-state index < -0.39 is 6.03 Å². The average molecular weight is 304 g/mol. The number of carbonyl (C=O) groups is 2. The number of rotatable bonds is 6. The van der Waals surface area contributed by atoms with Crippen molar-refractivity contribution in [2.45, 2.75) is 13.3 Å². The van der Waals surface area contributed by atoms with Gasteiger partial charge in [0.1, 0.15) is 0 Å². The van der Waals surface area contributed by atoms with E-state index in [-0.39, 0.29) is 5.91 Å². The van der Waals surface area contributed by atoms with E-state index >= 15 is 0 Å². The van der Waals surface area contributed by atoms with Crippen LogP contribution in [-0.4, -0.2) is 36.7 Å². The number of hydrazine groups is 1. The highest BCUT2D eigenvalue weighted by Crippen LogP contribution is 2.16. The number of para-hydroxylation sites is 1. The van der Waals surface area contributed by atoms with E-state index in [2.05, 4.69) is 21.2 Å². The molecule has 118 valence electrons. The SMILES string of the molecule is CCOCCCNC(=O)NNC(=O)c1c[nH]c2ccccc12. The van der Waals surface area contributed by atoms with Crippen LogP contribution in [0.4, 0.5) is 4.79 Å². The molecule has 0 bridgehead atoms. The predicted molar refractivity (Wildman–Crippen MR) is 83.4 cm³/mol. The van der Waals surface area contributed by atoms with Gasteiger partial charge in [0.2, 0.25) is 0 Å². The van der Waals surface area contributed by atoms with Crippen LogP contribution in [0.5, 0.6) is 0 Å². The summed E-state index contributed by atoms with van der Waals surface area (Å²) in [4.78, 5) is 26.6. The van der Waals surface area contributed by atoms with Crippen molar-refractivity contribution >= 4 is 22.8 Å². The Balaban J connectivity index is 1.77. The van der Waals surface area contributed by atoms with E-state index in [1.54, 1.807) is 6.20 Å². The van der Waals surface area contributed by atoms with Gasteiger partial charge in [0.25, 0.3) is 5.91 Å². The summed E-state index contributed by atoms with van der Waals surface area (Å²) >= 11 is 0. The molecule has 1 aromatic heterocycles. The summed E-state index contributed by atoms with van der Waals surface area (Å²) in [6.07, 6.45) is 2.33. The zero-order valence-corrected chi connectivity index (χ0v) is 12.4. The van der Waals surface area contributed by atoms with Gasteiger partial charge in [-0.25, -0.2) is 10.2 Å². The molecule has 0 aliphatic carbocycles. The lowest BCUT2D eigenvalue weighted by Crippen LogP contribution is -2.47. The lowest BCUT2D eigenvalue weighted by molar-refractivity contribution is 0.0937. The first-order valence-electron chi connectivity index (χ1n) is 7.20. The van der Waals surface area contributed by atoms with Gasteiger partial charge in [0.05, 0.1) is 5.56 Å². The fourth-order valence-electron chi connectivity index (χ4n) is 2.00. The lowest BCUT2D eigenvalue weighted by Gasteiger charge is -2.08. The molecule has 2 rings (SSSR count). The molecule has 0 aliphatic heterocycles. The summed E-state index contributed by atoms with van der Waals surface area (Å²) in [7, 11) is 0. The van der Waals surface area contributed by atoms with Crippen molar-refractivity contribution in [3.63, 3.8) is 0 Å². The van der Waals surface area contributed by atoms with Crippen molar-refractivity contribution in [3.8, 4) is 0 Å². The molecule has 2 aromatic rings. The second kappa shape index (κ2) is 8.04. The highest BCUT2D eigenvalue weighted by atomic mass is 16.5. The Morgan fingerprint density at radius 2 is 2.05 bits per heavy atom. The molecule has 7 heteroatoms. The minimum Gasteiger partial charge on any atom is -0.382 e. The molecular weight excluding hydrogens is 284 g/mol. The molecular formula is C15H20N4O3. The fraction of sp³-hybridized carbons (Fsp3) is 0.333. The van der Waals surface area contributed by atoms with Crippen LogP contribution in [0.2, 0.25) is 0 Å². The molecule has 0 saturated heterocycles. The van der Waals surface area contributed by atoms with Crippen molar-refractivity contribution < 1.29 is 14.3 Å². The van der Waals surface area contributed by atoms with Gasteiger partial charge in [-0.1, -0.05) is 18.2 Å². The molecule has 7 nitrogen and oxygen atoms in total. The van der Waals surface area contributed by atoms with E-state index in [9.17, 15) is 9.59 Å². The molecule has 0 saturated carbocycles. The minimum absolute atomic E-state index is 0.373. The zero-order valence-electron chi connectivity index (χ0n) is 12.4. The first kappa shape index (κ1) is 15.8. The molecule has 0 atom stereocenters. The summed E-state index contributed by atoms with van der Waals surface area (Å²) in [5, 5.41) is 3.43. The number of amides is 3. The van der Waals surface area contributed by atoms with Crippen molar-refractivity contribution in [2.24, 2.45) is 0 Å². The van der Waals surface area contributed by atoms with Crippen LogP contribution in [0, 0.1) is 0 Å². The van der Waals surface area contributed by atoms with Gasteiger partial charge < -0.3 is 15.0 Å². The maximum atomic E-state index is 12.0. The molecule has 0 spiro atoms. The number of fused-ring (bicyclic) bond motifs is 1. The number of aromatic amines is 1. The summed E-state index contributed by atoms with van der Waals surface area (Å²) in [6, 6.07) is 7.00. The number of H-pyrrole nitrogens is 1. The molecule has 1 aromatic carbocycles. The van der Waals surface area contributed by atoms with Crippen molar-refractivity contribution in [1.29, 1.82) is 0 Å². The van der Waals surface area contributed by atoms with Gasteiger partial charge in [-0.3, -0.25) is 10.2 Å². The van der Waals surface area contributed by atoms with E-state index in [1.807, 2.05) is 31.2 Å². The Labute approximate surface area is 128 Å². The summed E-state index contributed by atoms with van der Waals surface area (Å²) in [6.45, 7) is 3.65. The van der Waals surface area contributed by atoms with Gasteiger partial charge in [0, 0.05) is 36.9 Å². The quantitative estimate of drug-likeness (QED) is 0.481. The van der Waals surface area contributed by atoms with Crippen LogP contribution in [-0.2, 0) is 4.74 Å². The molecule has 0 unspecified atom stereocenters. The maximum absolute atomic E-state index is 12.0. The molecule has 0 radical (unpaired) electrons. The second-order valence-corrected chi connectivity index (χ2v) is 4.63. The summed E-state index contributed by atoms with van der Waals surface area (Å²) in [5.41, 5.74) is 6.05. The molecule has 22 heavy (non-hydrogen) atoms. The summed E-state index contributed by atoms with van der Waals surface area (Å²) in [5.74, 6) is -0.373. The number of hydrogen-bond acceptors (Lipinski definition) is 3. The largest absolute Gasteiger partial charge is 0.382 e. The Hall–Kier alpha value is -2.54. The minimum atomic E-state index is -0.454. The van der Waals surface area contributed by atoms with Gasteiger partial charge >= 0.3 is 6.03 Å². The van der Waals surface area contributed by atoms with Gasteiger partial charge in [-0.05, 0) is 19.4 Å². The van der Waals surface area contributed by atoms with Crippen molar-refractivity contribution in [2.75, 3.05) is 19.8 Å². The highest BCUT2D eigenvalue weighted by Gasteiger charge is 2.11. The van der Waals surface area contributed by atoms with E-state index in [0.717, 1.165) is 17.3 Å². The molecule has 1 heterocycles. The zero-order chi connectivity index (χ0) is 15.8. The number of aromatic nitrogens is 1. The number of hydrogen-bond donors (Lipinski definition) is 4. The average Bonchev–Trinajstić information content (AvgIpc) is 2.96. The lowest BCUT2D eigenvalue weighted by atomic mass is 10.2. The van der Waals surface area contributed by atoms with Gasteiger partial charge in [0.15, 0.2) is 0 Å². The first-order chi connectivity index (χ1) is 10.7. The van der Waals surface area contributed by atoms with Crippen LogP contribution in [0.25, 0.3) is 10.9 Å². The van der Waals surface area contributed by atoms with Crippen LogP contribution in [0.1, 0.15) is 23.7 Å². The predicted octanol–water partition coefficient (Wildman–Crippen LogP) is 1.54. The van der Waals surface area contributed by atoms with Crippen LogP contribution < -0.4 is 16.2 Å². The standard InChI is InChI=1S/C15H20N4O3/c1-2-22-9-5-8-16-15(21)19-18-14(20)12-10-17-13-7-4-3-6-11(12)13/h3-4,6-7,10,17H,2,5,8-9H2,1H3,(H,18,20)(H2,16,19,21). The topological polar surface area (TPSA) is 95.2 Å². The maximum Gasteiger partial charge on any atom is 0.333 e. The van der Waals surface area contributed by atoms with Crippen molar-refractivity contribution in [1.82, 2.24) is 21.2 Å². The third-order valence-electron chi connectivity index (χ3n) is 3.08. The van der Waals surface area contributed by atoms with E-state index in [1.165, 1.54) is 0 Å². The molecule has 4 N–H and O–H groups in total. The first-order valence-corrected chi connectivity index (χ1v) is 7.20. The van der Waals surface area contributed by atoms with Crippen LogP contribution in [0.15, 0.2) is 30.5 Å². The highest BCUT2D eigenvalue weighted by molar-refractivity contribution is 6.06. The molecule has 3 amide bonds. The van der Waals surface area contributed by atoms with Crippen LogP contribution >= 0.6 is 0 Å². The van der Waals surface area contributed by atoms with E-state index in [0.29, 0.717) is 25.3 Å². The molecule has 0 aliphatic rings. The smallest absolute Gasteiger partial charge is 0.333 e. The fourth-order valence-corrected chi connectivity index (χ4v) is 2.00. The normalized spacial score (nSPS) is 10.4. The number of carbonyl (C=O) groups excluding carboxylic acids is 2. The van der Waals surface area contributed by atoms with Gasteiger partial charge in [-0.2, -0.15) is 0 Å². The monoisotopic (exact) mass is 304 g/mol. The Bertz CT molecular complexity index is 639. The van der Waals surface area contributed by atoms with Crippen LogP contribution in [0.3, 0.4) is 0 Å². The molecule has 0 fully saturated rings. The third kappa shape index (κ3) is 4.23. The third-order valence-corrected chi connectivity index (χ3v) is 3.08. The van der Waals surface area contributed by atoms with Crippen molar-refractivity contribution in [3.05, 3.63) is 36.0 Å².